The Bertz CT molecular complexity index is 1290. The second-order valence-corrected chi connectivity index (χ2v) is 10.8. The van der Waals surface area contributed by atoms with E-state index >= 15 is 0 Å². The normalized spacial score (nSPS) is 14.4. The van der Waals surface area contributed by atoms with Gasteiger partial charge in [-0.05, 0) is 48.3 Å². The summed E-state index contributed by atoms with van der Waals surface area (Å²) in [6.07, 6.45) is 1.02. The molecule has 0 unspecified atom stereocenters. The Balaban J connectivity index is 1.81. The third kappa shape index (κ3) is 9.96. The zero-order chi connectivity index (χ0) is 32.1. The zero-order valence-corrected chi connectivity index (χ0v) is 25.4. The molecule has 0 radical (unpaired) electrons. The van der Waals surface area contributed by atoms with Gasteiger partial charge in [-0.15, -0.1) is 0 Å². The van der Waals surface area contributed by atoms with Gasteiger partial charge in [-0.1, -0.05) is 81.1 Å². The Hall–Kier alpha value is -4.67. The molecule has 11 nitrogen and oxygen atoms in total. The third-order valence-electron chi connectivity index (χ3n) is 7.19. The van der Waals surface area contributed by atoms with E-state index in [1.807, 2.05) is 30.3 Å². The summed E-state index contributed by atoms with van der Waals surface area (Å²) in [5, 5.41) is 7.94. The number of carbonyl (C=O) groups is 5. The zero-order valence-electron chi connectivity index (χ0n) is 25.4. The van der Waals surface area contributed by atoms with Crippen LogP contribution in [0.3, 0.4) is 0 Å². The number of hydrogen-bond donors (Lipinski definition) is 3. The fourth-order valence-corrected chi connectivity index (χ4v) is 4.95. The van der Waals surface area contributed by atoms with E-state index in [-0.39, 0.29) is 31.7 Å². The number of fused-ring (bicyclic) bond motifs is 1. The summed E-state index contributed by atoms with van der Waals surface area (Å²) < 4.78 is 15.5. The summed E-state index contributed by atoms with van der Waals surface area (Å²) in [7, 11) is 0. The molecule has 0 bridgehead atoms. The topological polar surface area (TPSA) is 149 Å². The van der Waals surface area contributed by atoms with Crippen molar-refractivity contribution >= 4 is 29.8 Å². The molecular weight excluding hydrogens is 566 g/mol. The molecule has 3 atom stereocenters. The molecule has 1 aliphatic carbocycles. The molecule has 2 aromatic carbocycles. The van der Waals surface area contributed by atoms with Gasteiger partial charge in [0.25, 0.3) is 0 Å². The Kier molecular flexibility index (Phi) is 12.9. The molecule has 0 aliphatic heterocycles. The first kappa shape index (κ1) is 33.8. The van der Waals surface area contributed by atoms with Crippen molar-refractivity contribution in [3.8, 4) is 0 Å². The largest absolute Gasteiger partial charge is 0.466 e. The molecule has 3 N–H and O–H groups in total. The molecule has 3 amide bonds. The lowest BCUT2D eigenvalue weighted by Crippen LogP contribution is -2.59. The summed E-state index contributed by atoms with van der Waals surface area (Å²) in [6, 6.07) is 13.2. The molecule has 0 saturated heterocycles. The van der Waals surface area contributed by atoms with Crippen LogP contribution in [0.1, 0.15) is 43.9 Å². The van der Waals surface area contributed by atoms with Crippen molar-refractivity contribution in [3.63, 3.8) is 0 Å². The fraction of sp³-hybridized carbons (Fsp3) is 0.424. The molecule has 2 aromatic rings. The second kappa shape index (κ2) is 16.8. The van der Waals surface area contributed by atoms with Crippen molar-refractivity contribution in [2.24, 2.45) is 11.8 Å². The minimum atomic E-state index is -1.39. The average molecular weight is 608 g/mol. The van der Waals surface area contributed by atoms with Crippen LogP contribution in [0.5, 0.6) is 0 Å². The van der Waals surface area contributed by atoms with Gasteiger partial charge in [-0.2, -0.15) is 0 Å². The van der Waals surface area contributed by atoms with Gasteiger partial charge in [0, 0.05) is 0 Å². The van der Waals surface area contributed by atoms with E-state index < -0.39 is 54.4 Å². The van der Waals surface area contributed by atoms with E-state index in [9.17, 15) is 24.0 Å². The highest BCUT2D eigenvalue weighted by atomic mass is 16.6. The number of amides is 3. The number of ether oxygens (including phenoxy) is 3. The van der Waals surface area contributed by atoms with Crippen molar-refractivity contribution < 1.29 is 38.2 Å². The van der Waals surface area contributed by atoms with Crippen LogP contribution in [0.25, 0.3) is 0 Å². The predicted molar refractivity (Wildman–Crippen MR) is 162 cm³/mol. The van der Waals surface area contributed by atoms with Crippen LogP contribution in [-0.2, 0) is 52.8 Å². The van der Waals surface area contributed by atoms with Gasteiger partial charge in [0.05, 0.1) is 13.0 Å². The van der Waals surface area contributed by atoms with Crippen molar-refractivity contribution in [3.05, 3.63) is 83.9 Å². The maximum Gasteiger partial charge on any atom is 0.408 e. The van der Waals surface area contributed by atoms with E-state index in [0.29, 0.717) is 12.8 Å². The predicted octanol–water partition coefficient (Wildman–Crippen LogP) is 3.00. The first-order valence-corrected chi connectivity index (χ1v) is 14.7. The molecule has 236 valence electrons. The number of rotatable bonds is 15. The molecule has 0 aromatic heterocycles. The summed E-state index contributed by atoms with van der Waals surface area (Å²) in [4.78, 5) is 65.2. The summed E-state index contributed by atoms with van der Waals surface area (Å²) in [5.41, 5.74) is 2.82. The second-order valence-electron chi connectivity index (χ2n) is 10.8. The Morgan fingerprint density at radius 2 is 1.50 bits per heavy atom. The van der Waals surface area contributed by atoms with Crippen LogP contribution >= 0.6 is 0 Å². The number of esters is 2. The molecule has 44 heavy (non-hydrogen) atoms. The summed E-state index contributed by atoms with van der Waals surface area (Å²) >= 11 is 0. The minimum Gasteiger partial charge on any atom is -0.466 e. The summed E-state index contributed by atoms with van der Waals surface area (Å²) in [6.45, 7) is 8.70. The van der Waals surface area contributed by atoms with Gasteiger partial charge in [0.1, 0.15) is 31.3 Å². The van der Waals surface area contributed by atoms with E-state index in [1.54, 1.807) is 45.0 Å². The molecule has 0 fully saturated rings. The minimum absolute atomic E-state index is 0.0163. The van der Waals surface area contributed by atoms with Crippen molar-refractivity contribution in [1.82, 2.24) is 16.0 Å². The van der Waals surface area contributed by atoms with Crippen LogP contribution in [0.4, 0.5) is 4.79 Å². The van der Waals surface area contributed by atoms with Gasteiger partial charge >= 0.3 is 18.0 Å². The van der Waals surface area contributed by atoms with Gasteiger partial charge in [-0.25, -0.2) is 9.59 Å². The molecule has 11 heteroatoms. The number of nitrogens with one attached hydrogen (secondary N) is 3. The van der Waals surface area contributed by atoms with Crippen LogP contribution in [0.15, 0.2) is 67.3 Å². The Morgan fingerprint density at radius 3 is 2.09 bits per heavy atom. The average Bonchev–Trinajstić information content (AvgIpc) is 3.44. The van der Waals surface area contributed by atoms with Gasteiger partial charge in [0.15, 0.2) is 0 Å². The number of hydrogen-bond acceptors (Lipinski definition) is 8. The first-order valence-electron chi connectivity index (χ1n) is 14.7. The van der Waals surface area contributed by atoms with Crippen molar-refractivity contribution in [2.75, 3.05) is 13.2 Å². The number of carbonyl (C=O) groups excluding carboxylic acids is 5. The van der Waals surface area contributed by atoms with E-state index in [2.05, 4.69) is 22.5 Å². The molecule has 0 heterocycles. The van der Waals surface area contributed by atoms with Gasteiger partial charge in [-0.3, -0.25) is 14.4 Å². The molecule has 0 saturated carbocycles. The smallest absolute Gasteiger partial charge is 0.408 e. The monoisotopic (exact) mass is 607 g/mol. The van der Waals surface area contributed by atoms with E-state index in [1.165, 1.54) is 6.08 Å². The molecule has 1 aliphatic rings. The maximum absolute atomic E-state index is 13.8. The highest BCUT2D eigenvalue weighted by molar-refractivity contribution is 5.95. The number of benzene rings is 2. The molecule has 0 spiro atoms. The van der Waals surface area contributed by atoms with Crippen LogP contribution < -0.4 is 16.0 Å². The van der Waals surface area contributed by atoms with Crippen LogP contribution in [0.2, 0.25) is 0 Å². The SMILES string of the molecule is C=CCOC(=O)[C@@H](NC(=O)[C@@H](NC(=O)[C@H](CC(=O)OCC)NC(=O)OCc1ccccc1)C1Cc2ccccc2C1)C(C)C. The van der Waals surface area contributed by atoms with Gasteiger partial charge < -0.3 is 30.2 Å². The lowest BCUT2D eigenvalue weighted by Gasteiger charge is -2.29. The lowest BCUT2D eigenvalue weighted by atomic mass is 9.94. The summed E-state index contributed by atoms with van der Waals surface area (Å²) in [5.74, 6) is -3.38. The molecular formula is C33H41N3O8. The van der Waals surface area contributed by atoms with Crippen LogP contribution in [0, 0.1) is 11.8 Å². The maximum atomic E-state index is 13.8. The standard InChI is InChI=1S/C33H41N3O8/c1-5-16-43-32(40)28(21(3)4)35-31(39)29(25-17-23-14-10-11-15-24(23)18-25)36-30(38)26(19-27(37)42-6-2)34-33(41)44-20-22-12-8-7-9-13-22/h5,7-15,21,25-26,28-29H,1,6,16-20H2,2-4H3,(H,34,41)(H,35,39)(H,36,38)/t26-,28-,29-/m0/s1. The van der Waals surface area contributed by atoms with Gasteiger partial charge in [0.2, 0.25) is 11.8 Å². The van der Waals surface area contributed by atoms with Crippen molar-refractivity contribution in [2.45, 2.75) is 64.8 Å². The lowest BCUT2D eigenvalue weighted by molar-refractivity contribution is -0.149. The first-order chi connectivity index (χ1) is 21.1. The fourth-order valence-electron chi connectivity index (χ4n) is 4.95. The highest BCUT2D eigenvalue weighted by Gasteiger charge is 2.38. The number of alkyl carbamates (subject to hydrolysis) is 1. The van der Waals surface area contributed by atoms with Crippen molar-refractivity contribution in [1.29, 1.82) is 0 Å². The Morgan fingerprint density at radius 1 is 0.864 bits per heavy atom. The quantitative estimate of drug-likeness (QED) is 0.159. The third-order valence-corrected chi connectivity index (χ3v) is 7.19. The van der Waals surface area contributed by atoms with E-state index in [4.69, 9.17) is 14.2 Å². The molecule has 3 rings (SSSR count). The Labute approximate surface area is 257 Å². The van der Waals surface area contributed by atoms with Crippen LogP contribution in [-0.4, -0.2) is 61.2 Å². The highest BCUT2D eigenvalue weighted by Crippen LogP contribution is 2.29. The van der Waals surface area contributed by atoms with E-state index in [0.717, 1.165) is 16.7 Å².